The maximum atomic E-state index is 14.2. The molecule has 1 atom stereocenters. The van der Waals surface area contributed by atoms with Crippen molar-refractivity contribution in [2.75, 3.05) is 25.5 Å². The average Bonchev–Trinajstić information content (AvgIpc) is 2.71. The Morgan fingerprint density at radius 2 is 2.00 bits per heavy atom. The molecule has 1 saturated heterocycles. The largest absolute Gasteiger partial charge is 0.393 e. The van der Waals surface area contributed by atoms with Gasteiger partial charge in [-0.1, -0.05) is 12.1 Å². The highest BCUT2D eigenvalue weighted by Gasteiger charge is 2.45. The molecule has 26 heavy (non-hydrogen) atoms. The highest BCUT2D eigenvalue weighted by molar-refractivity contribution is 7.95. The lowest BCUT2D eigenvalue weighted by Gasteiger charge is -2.37. The van der Waals surface area contributed by atoms with Gasteiger partial charge in [0.05, 0.1) is 24.7 Å². The molecule has 144 valence electrons. The molecule has 0 radical (unpaired) electrons. The van der Waals surface area contributed by atoms with E-state index in [1.165, 1.54) is 23.1 Å². The third-order valence-electron chi connectivity index (χ3n) is 4.45. The van der Waals surface area contributed by atoms with Crippen molar-refractivity contribution in [2.24, 2.45) is 0 Å². The van der Waals surface area contributed by atoms with E-state index in [9.17, 15) is 30.4 Å². The fraction of sp³-hybridized carbons (Fsp3) is 0.500. The minimum atomic E-state index is -4.58. The predicted octanol–water partition coefficient (Wildman–Crippen LogP) is 3.52. The molecule has 3 rings (SSSR count). The van der Waals surface area contributed by atoms with Crippen LogP contribution in [0.5, 0.6) is 0 Å². The first-order valence-electron chi connectivity index (χ1n) is 7.88. The summed E-state index contributed by atoms with van der Waals surface area (Å²) >= 11 is 0. The third-order valence-corrected chi connectivity index (χ3v) is 6.06. The molecule has 0 aliphatic carbocycles. The molecule has 0 spiro atoms. The highest BCUT2D eigenvalue weighted by Crippen LogP contribution is 2.43. The number of hydrogen-bond acceptors (Lipinski definition) is 4. The summed E-state index contributed by atoms with van der Waals surface area (Å²) in [6.07, 6.45) is -5.89. The van der Waals surface area contributed by atoms with Crippen LogP contribution in [0.15, 0.2) is 28.5 Å². The second-order valence-electron chi connectivity index (χ2n) is 6.65. The van der Waals surface area contributed by atoms with Crippen molar-refractivity contribution in [3.63, 3.8) is 0 Å². The first-order valence-corrected chi connectivity index (χ1v) is 9.42. The van der Waals surface area contributed by atoms with Gasteiger partial charge in [-0.25, -0.2) is 17.2 Å². The lowest BCUT2D eigenvalue weighted by Crippen LogP contribution is -2.53. The van der Waals surface area contributed by atoms with Gasteiger partial charge in [-0.05, 0) is 30.7 Å². The first-order chi connectivity index (χ1) is 11.9. The van der Waals surface area contributed by atoms with E-state index in [2.05, 4.69) is 5.32 Å². The van der Waals surface area contributed by atoms with Gasteiger partial charge in [-0.2, -0.15) is 13.2 Å². The highest BCUT2D eigenvalue weighted by atomic mass is 32.2. The Morgan fingerprint density at radius 3 is 2.62 bits per heavy atom. The number of benzene rings is 1. The molecule has 1 N–H and O–H groups in total. The molecule has 0 bridgehead atoms. The van der Waals surface area contributed by atoms with Crippen LogP contribution in [0.4, 0.5) is 27.6 Å². The first kappa shape index (κ1) is 19.1. The van der Waals surface area contributed by atoms with Gasteiger partial charge in [0.15, 0.2) is 0 Å². The van der Waals surface area contributed by atoms with E-state index in [0.29, 0.717) is 12.0 Å². The number of hydrogen-bond donors (Lipinski definition) is 1. The monoisotopic (exact) mass is 396 g/mol. The summed E-state index contributed by atoms with van der Waals surface area (Å²) in [6.45, 7) is -0.0867. The van der Waals surface area contributed by atoms with Crippen LogP contribution in [0, 0.1) is 0 Å². The summed E-state index contributed by atoms with van der Waals surface area (Å²) in [5.41, 5.74) is -0.569. The smallest absolute Gasteiger partial charge is 0.375 e. The summed E-state index contributed by atoms with van der Waals surface area (Å²) in [7, 11) is -2.58. The van der Waals surface area contributed by atoms with Crippen molar-refractivity contribution < 1.29 is 30.4 Å². The number of rotatable bonds is 3. The van der Waals surface area contributed by atoms with Crippen molar-refractivity contribution in [3.8, 4) is 0 Å². The van der Waals surface area contributed by atoms with E-state index in [-0.39, 0.29) is 28.1 Å². The molecule has 0 amide bonds. The summed E-state index contributed by atoms with van der Waals surface area (Å²) in [5, 5.41) is 3.13. The van der Waals surface area contributed by atoms with E-state index in [1.54, 1.807) is 7.05 Å². The van der Waals surface area contributed by atoms with Crippen LogP contribution in [0.3, 0.4) is 0 Å². The van der Waals surface area contributed by atoms with E-state index in [4.69, 9.17) is 0 Å². The maximum absolute atomic E-state index is 14.2. The number of likely N-dealkylation sites (tertiary alicyclic amines) is 1. The SMILES string of the molecule is CN1CCC(Nc2cccc3c2S(=O)(=O)C=C3CC(F)(F)F)C(F)(F)C1. The lowest BCUT2D eigenvalue weighted by molar-refractivity contribution is -0.122. The summed E-state index contributed by atoms with van der Waals surface area (Å²) in [6, 6.07) is 2.62. The molecule has 0 aromatic heterocycles. The van der Waals surface area contributed by atoms with Crippen LogP contribution < -0.4 is 5.32 Å². The minimum absolute atomic E-state index is 0.0794. The zero-order chi connectivity index (χ0) is 19.3. The van der Waals surface area contributed by atoms with Gasteiger partial charge in [0.1, 0.15) is 4.90 Å². The Bertz CT molecular complexity index is 849. The topological polar surface area (TPSA) is 49.4 Å². The van der Waals surface area contributed by atoms with Gasteiger partial charge in [0.25, 0.3) is 5.92 Å². The summed E-state index contributed by atoms with van der Waals surface area (Å²) in [4.78, 5) is 1.10. The standard InChI is InChI=1S/C16H17F5N2O2S/c1-23-6-5-13(15(17,18)9-23)22-12-4-2-3-11-10(7-16(19,20)21)8-26(24,25)14(11)12/h2-4,8,13,22H,5-7,9H2,1H3. The third kappa shape index (κ3) is 3.71. The molecule has 10 heteroatoms. The predicted molar refractivity (Wildman–Crippen MR) is 86.7 cm³/mol. The molecular formula is C16H17F5N2O2S. The number of piperidine rings is 1. The number of fused-ring (bicyclic) bond motifs is 1. The van der Waals surface area contributed by atoms with Gasteiger partial charge in [-0.3, -0.25) is 0 Å². The quantitative estimate of drug-likeness (QED) is 0.795. The maximum Gasteiger partial charge on any atom is 0.393 e. The number of nitrogens with one attached hydrogen (secondary N) is 1. The Morgan fingerprint density at radius 1 is 1.31 bits per heavy atom. The van der Waals surface area contributed by atoms with E-state index >= 15 is 0 Å². The number of alkyl halides is 5. The van der Waals surface area contributed by atoms with Crippen LogP contribution in [0.2, 0.25) is 0 Å². The van der Waals surface area contributed by atoms with Crippen molar-refractivity contribution >= 4 is 21.1 Å². The normalized spacial score (nSPS) is 24.8. The van der Waals surface area contributed by atoms with Gasteiger partial charge in [0, 0.05) is 12.0 Å². The average molecular weight is 396 g/mol. The van der Waals surface area contributed by atoms with Gasteiger partial charge in [0.2, 0.25) is 9.84 Å². The van der Waals surface area contributed by atoms with Gasteiger partial charge in [-0.15, -0.1) is 0 Å². The molecule has 2 aliphatic heterocycles. The lowest BCUT2D eigenvalue weighted by atomic mass is 9.99. The Labute approximate surface area is 147 Å². The molecule has 2 aliphatic rings. The molecule has 0 saturated carbocycles. The van der Waals surface area contributed by atoms with Crippen LogP contribution >= 0.6 is 0 Å². The number of allylic oxidation sites excluding steroid dienone is 1. The van der Waals surface area contributed by atoms with E-state index in [1.807, 2.05) is 0 Å². The zero-order valence-corrected chi connectivity index (χ0v) is 14.6. The molecular weight excluding hydrogens is 379 g/mol. The molecule has 1 aromatic rings. The second kappa shape index (κ2) is 6.19. The number of nitrogens with zero attached hydrogens (tertiary/aromatic N) is 1. The van der Waals surface area contributed by atoms with Crippen molar-refractivity contribution in [1.29, 1.82) is 0 Å². The van der Waals surface area contributed by atoms with E-state index in [0.717, 1.165) is 0 Å². The summed E-state index contributed by atoms with van der Waals surface area (Å²) < 4.78 is 91.3. The van der Waals surface area contributed by atoms with Crippen LogP contribution in [0.1, 0.15) is 18.4 Å². The Kier molecular flexibility index (Phi) is 4.55. The van der Waals surface area contributed by atoms with Crippen LogP contribution in [-0.4, -0.2) is 51.6 Å². The number of anilines is 1. The summed E-state index contributed by atoms with van der Waals surface area (Å²) in [5.74, 6) is -3.10. The molecule has 2 heterocycles. The fourth-order valence-electron chi connectivity index (χ4n) is 3.35. The Hall–Kier alpha value is -1.68. The molecule has 1 aromatic carbocycles. The molecule has 1 fully saturated rings. The minimum Gasteiger partial charge on any atom is -0.375 e. The van der Waals surface area contributed by atoms with Crippen molar-refractivity contribution in [1.82, 2.24) is 4.90 Å². The van der Waals surface area contributed by atoms with Gasteiger partial charge < -0.3 is 10.2 Å². The van der Waals surface area contributed by atoms with Crippen molar-refractivity contribution in [2.45, 2.75) is 35.9 Å². The Balaban J connectivity index is 1.96. The van der Waals surface area contributed by atoms with E-state index < -0.39 is 40.9 Å². The molecule has 1 unspecified atom stereocenters. The molecule has 4 nitrogen and oxygen atoms in total. The number of sulfone groups is 1. The zero-order valence-electron chi connectivity index (χ0n) is 13.8. The second-order valence-corrected chi connectivity index (χ2v) is 8.38. The van der Waals surface area contributed by atoms with Crippen LogP contribution in [0.25, 0.3) is 5.57 Å². The fourth-order valence-corrected chi connectivity index (χ4v) is 4.99. The van der Waals surface area contributed by atoms with Crippen molar-refractivity contribution in [3.05, 3.63) is 29.2 Å². The van der Waals surface area contributed by atoms with Crippen LogP contribution in [-0.2, 0) is 9.84 Å². The van der Waals surface area contributed by atoms with Gasteiger partial charge >= 0.3 is 6.18 Å². The number of halogens is 5.